The van der Waals surface area contributed by atoms with Crippen LogP contribution in [0.4, 0.5) is 0 Å². The molecule has 0 heterocycles. The molecule has 12 heavy (non-hydrogen) atoms. The van der Waals surface area contributed by atoms with Crippen LogP contribution in [0.25, 0.3) is 0 Å². The summed E-state index contributed by atoms with van der Waals surface area (Å²) in [5.41, 5.74) is 0. The van der Waals surface area contributed by atoms with E-state index in [2.05, 4.69) is 25.2 Å². The molecule has 0 saturated carbocycles. The van der Waals surface area contributed by atoms with Crippen LogP contribution in [-0.4, -0.2) is 23.1 Å². The van der Waals surface area contributed by atoms with Gasteiger partial charge in [0.15, 0.2) is 0 Å². The van der Waals surface area contributed by atoms with Crippen molar-refractivity contribution in [2.24, 2.45) is 0 Å². The van der Waals surface area contributed by atoms with Crippen LogP contribution >= 0.6 is 0 Å². The lowest BCUT2D eigenvalue weighted by molar-refractivity contribution is 0.455. The third-order valence-corrected chi connectivity index (χ3v) is 7.02. The molecule has 1 aromatic rings. The second-order valence-electron chi connectivity index (χ2n) is 3.15. The van der Waals surface area contributed by atoms with Crippen LogP contribution in [0.5, 0.6) is 0 Å². The molecule has 66 valence electrons. The molecular formula is C8H14O2Si2. The SMILES string of the molecule is C[Si](C)(O[SiH2]O)c1ccccc1. The summed E-state index contributed by atoms with van der Waals surface area (Å²) in [6.45, 7) is 4.21. The Balaban J connectivity index is 2.82. The zero-order valence-corrected chi connectivity index (χ0v) is 9.86. The summed E-state index contributed by atoms with van der Waals surface area (Å²) in [7, 11) is -3.04. The fraction of sp³-hybridized carbons (Fsp3) is 0.250. The zero-order valence-electron chi connectivity index (χ0n) is 7.45. The molecule has 1 N–H and O–H groups in total. The minimum absolute atomic E-state index is 1.24. The van der Waals surface area contributed by atoms with Crippen LogP contribution in [-0.2, 0) is 4.12 Å². The first kappa shape index (κ1) is 9.66. The van der Waals surface area contributed by atoms with Crippen LogP contribution < -0.4 is 5.19 Å². The predicted molar refractivity (Wildman–Crippen MR) is 55.4 cm³/mol. The average molecular weight is 198 g/mol. The van der Waals surface area contributed by atoms with Crippen molar-refractivity contribution < 1.29 is 8.91 Å². The van der Waals surface area contributed by atoms with E-state index in [9.17, 15) is 0 Å². The van der Waals surface area contributed by atoms with E-state index in [1.807, 2.05) is 18.2 Å². The second-order valence-corrected chi connectivity index (χ2v) is 8.16. The molecule has 0 aliphatic heterocycles. The van der Waals surface area contributed by atoms with E-state index in [4.69, 9.17) is 8.91 Å². The van der Waals surface area contributed by atoms with Crippen molar-refractivity contribution in [3.8, 4) is 0 Å². The summed E-state index contributed by atoms with van der Waals surface area (Å²) in [5, 5.41) is 1.24. The first-order valence-electron chi connectivity index (χ1n) is 3.97. The summed E-state index contributed by atoms with van der Waals surface area (Å²) >= 11 is 0. The fourth-order valence-electron chi connectivity index (χ4n) is 1.08. The van der Waals surface area contributed by atoms with Crippen LogP contribution in [0.2, 0.25) is 13.1 Å². The van der Waals surface area contributed by atoms with Gasteiger partial charge < -0.3 is 8.91 Å². The lowest BCUT2D eigenvalue weighted by Gasteiger charge is -2.21. The van der Waals surface area contributed by atoms with Crippen molar-refractivity contribution in [2.45, 2.75) is 13.1 Å². The number of rotatable bonds is 3. The van der Waals surface area contributed by atoms with Crippen LogP contribution in [0, 0.1) is 0 Å². The smallest absolute Gasteiger partial charge is 0.291 e. The maximum atomic E-state index is 8.81. The van der Waals surface area contributed by atoms with Gasteiger partial charge in [-0.25, -0.2) is 0 Å². The Labute approximate surface area is 76.4 Å². The molecule has 0 bridgehead atoms. The monoisotopic (exact) mass is 198 g/mol. The lowest BCUT2D eigenvalue weighted by Crippen LogP contribution is -2.45. The first-order valence-corrected chi connectivity index (χ1v) is 8.09. The molecular weight excluding hydrogens is 184 g/mol. The molecule has 1 aromatic carbocycles. The van der Waals surface area contributed by atoms with E-state index in [-0.39, 0.29) is 0 Å². The highest BCUT2D eigenvalue weighted by Crippen LogP contribution is 2.03. The summed E-state index contributed by atoms with van der Waals surface area (Å²) < 4.78 is 5.45. The summed E-state index contributed by atoms with van der Waals surface area (Å²) in [5.74, 6) is 0. The lowest BCUT2D eigenvalue weighted by atomic mass is 10.4. The fourth-order valence-corrected chi connectivity index (χ4v) is 4.04. The van der Waals surface area contributed by atoms with Crippen molar-refractivity contribution in [3.05, 3.63) is 30.3 Å². The Morgan fingerprint density at radius 3 is 2.33 bits per heavy atom. The van der Waals surface area contributed by atoms with Gasteiger partial charge in [-0.1, -0.05) is 30.3 Å². The third-order valence-electron chi connectivity index (χ3n) is 1.89. The standard InChI is InChI=1S/C8H14O2Si2/c1-12(2,10-11-9)8-6-4-3-5-7-8/h3-7,9H,11H2,1-2H3. The zero-order chi connectivity index (χ0) is 9.03. The Morgan fingerprint density at radius 1 is 1.25 bits per heavy atom. The van der Waals surface area contributed by atoms with Gasteiger partial charge in [0.25, 0.3) is 10.0 Å². The number of hydrogen-bond acceptors (Lipinski definition) is 2. The van der Waals surface area contributed by atoms with Gasteiger partial charge in [0.2, 0.25) is 8.32 Å². The maximum Gasteiger partial charge on any atom is 0.291 e. The summed E-state index contributed by atoms with van der Waals surface area (Å²) in [6.07, 6.45) is 0. The van der Waals surface area contributed by atoms with Gasteiger partial charge in [-0.2, -0.15) is 0 Å². The molecule has 0 aliphatic rings. The van der Waals surface area contributed by atoms with Gasteiger partial charge in [-0.05, 0) is 18.3 Å². The van der Waals surface area contributed by atoms with Crippen molar-refractivity contribution in [1.82, 2.24) is 0 Å². The minimum Gasteiger partial charge on any atom is -0.437 e. The van der Waals surface area contributed by atoms with E-state index in [1.165, 1.54) is 5.19 Å². The van der Waals surface area contributed by atoms with Crippen molar-refractivity contribution >= 4 is 23.5 Å². The van der Waals surface area contributed by atoms with Gasteiger partial charge in [-0.3, -0.25) is 0 Å². The van der Waals surface area contributed by atoms with E-state index in [0.29, 0.717) is 0 Å². The highest BCUT2D eigenvalue weighted by atomic mass is 28.4. The molecule has 2 nitrogen and oxygen atoms in total. The van der Waals surface area contributed by atoms with E-state index < -0.39 is 18.3 Å². The minimum atomic E-state index is -1.77. The first-order chi connectivity index (χ1) is 5.67. The Hall–Kier alpha value is -0.426. The quantitative estimate of drug-likeness (QED) is 0.699. The molecule has 1 rings (SSSR count). The van der Waals surface area contributed by atoms with Crippen molar-refractivity contribution in [2.75, 3.05) is 0 Å². The molecule has 0 radical (unpaired) electrons. The van der Waals surface area contributed by atoms with Crippen molar-refractivity contribution in [1.29, 1.82) is 0 Å². The second kappa shape index (κ2) is 4.00. The number of hydrogen-bond donors (Lipinski definition) is 1. The summed E-state index contributed by atoms with van der Waals surface area (Å²) in [6, 6.07) is 10.1. The molecule has 0 atom stereocenters. The Bertz CT molecular complexity index is 236. The maximum absolute atomic E-state index is 8.81. The van der Waals surface area contributed by atoms with Gasteiger partial charge in [0.1, 0.15) is 0 Å². The molecule has 0 spiro atoms. The van der Waals surface area contributed by atoms with E-state index in [0.717, 1.165) is 0 Å². The van der Waals surface area contributed by atoms with Crippen molar-refractivity contribution in [3.63, 3.8) is 0 Å². The van der Waals surface area contributed by atoms with E-state index in [1.54, 1.807) is 0 Å². The van der Waals surface area contributed by atoms with Crippen LogP contribution in [0.1, 0.15) is 0 Å². The normalized spacial score (nSPS) is 12.6. The molecule has 0 fully saturated rings. The third kappa shape index (κ3) is 2.28. The van der Waals surface area contributed by atoms with Gasteiger partial charge in [0, 0.05) is 0 Å². The van der Waals surface area contributed by atoms with Crippen LogP contribution in [0.3, 0.4) is 0 Å². The Morgan fingerprint density at radius 2 is 1.83 bits per heavy atom. The van der Waals surface area contributed by atoms with Crippen LogP contribution in [0.15, 0.2) is 30.3 Å². The van der Waals surface area contributed by atoms with Gasteiger partial charge in [0.05, 0.1) is 0 Å². The average Bonchev–Trinajstić information content (AvgIpc) is 2.06. The molecule has 0 unspecified atom stereocenters. The molecule has 0 saturated heterocycles. The largest absolute Gasteiger partial charge is 0.437 e. The molecule has 0 aliphatic carbocycles. The molecule has 0 aromatic heterocycles. The molecule has 4 heteroatoms. The van der Waals surface area contributed by atoms with E-state index >= 15 is 0 Å². The highest BCUT2D eigenvalue weighted by Gasteiger charge is 2.23. The highest BCUT2D eigenvalue weighted by molar-refractivity contribution is 6.86. The number of benzene rings is 1. The Kier molecular flexibility index (Phi) is 3.22. The van der Waals surface area contributed by atoms with Gasteiger partial charge >= 0.3 is 0 Å². The summed E-state index contributed by atoms with van der Waals surface area (Å²) in [4.78, 5) is 8.81. The topological polar surface area (TPSA) is 29.5 Å². The molecule has 0 amide bonds. The van der Waals surface area contributed by atoms with Gasteiger partial charge in [-0.15, -0.1) is 0 Å². The predicted octanol–water partition coefficient (Wildman–Crippen LogP) is 0.106.